The molecule has 0 aromatic heterocycles. The van der Waals surface area contributed by atoms with E-state index in [1.807, 2.05) is 6.07 Å². The molecule has 26 heavy (non-hydrogen) atoms. The number of phosphoric acid groups is 1. The summed E-state index contributed by atoms with van der Waals surface area (Å²) in [5.41, 5.74) is 2.21. The summed E-state index contributed by atoms with van der Waals surface area (Å²) in [6.45, 7) is 0. The average Bonchev–Trinajstić information content (AvgIpc) is 2.48. The molecule has 0 aliphatic heterocycles. The van der Waals surface area contributed by atoms with Gasteiger partial charge in [0.05, 0.1) is 7.11 Å². The molecule has 1 unspecified atom stereocenters. The molecule has 131 valence electrons. The van der Waals surface area contributed by atoms with Gasteiger partial charge >= 0.3 is 37.4 Å². The van der Waals surface area contributed by atoms with E-state index < -0.39 is 7.82 Å². The minimum absolute atomic E-state index is 0. The number of phosphoric ester groups is 1. The van der Waals surface area contributed by atoms with Crippen LogP contribution in [-0.4, -0.2) is 41.6 Å². The molecule has 0 saturated heterocycles. The third-order valence-corrected chi connectivity index (χ3v) is 6.24. The molecular weight excluding hydrogens is 373 g/mol. The normalized spacial score (nSPS) is 30.7. The van der Waals surface area contributed by atoms with Gasteiger partial charge in [0.1, 0.15) is 11.5 Å². The first-order valence-electron chi connectivity index (χ1n) is 8.55. The number of ether oxygens (including phenoxy) is 1. The van der Waals surface area contributed by atoms with Crippen molar-refractivity contribution in [3.8, 4) is 5.75 Å². The van der Waals surface area contributed by atoms with Crippen LogP contribution < -0.4 is 39.0 Å². The van der Waals surface area contributed by atoms with Crippen molar-refractivity contribution in [2.24, 2.45) is 23.7 Å². The summed E-state index contributed by atoms with van der Waals surface area (Å²) in [6, 6.07) is 6.75. The van der Waals surface area contributed by atoms with Crippen molar-refractivity contribution >= 4 is 43.1 Å². The van der Waals surface area contributed by atoms with Gasteiger partial charge in [-0.05, 0) is 73.5 Å². The van der Waals surface area contributed by atoms with Gasteiger partial charge in [0.15, 0.2) is 0 Å². The van der Waals surface area contributed by atoms with E-state index in [0.29, 0.717) is 11.8 Å². The zero-order valence-corrected chi connectivity index (χ0v) is 20.6. The SMILES string of the molecule is COC(=C1C2CC3CC(C2)CC1C3)c1cccc(OP(=O)([O-])O)c1.[Na+].[Na]. The van der Waals surface area contributed by atoms with Crippen LogP contribution in [0.3, 0.4) is 0 Å². The predicted molar refractivity (Wildman–Crippen MR) is 93.6 cm³/mol. The van der Waals surface area contributed by atoms with Crippen LogP contribution in [0.1, 0.15) is 37.7 Å². The summed E-state index contributed by atoms with van der Waals surface area (Å²) < 4.78 is 21.4. The molecule has 1 radical (unpaired) electrons. The summed E-state index contributed by atoms with van der Waals surface area (Å²) in [5, 5.41) is 0. The number of hydrogen-bond acceptors (Lipinski definition) is 4. The van der Waals surface area contributed by atoms with Crippen molar-refractivity contribution in [3.05, 3.63) is 35.4 Å². The van der Waals surface area contributed by atoms with Gasteiger partial charge in [-0.2, -0.15) is 0 Å². The molecule has 0 spiro atoms. The summed E-state index contributed by atoms with van der Waals surface area (Å²) in [6.07, 6.45) is 6.38. The molecule has 1 aromatic carbocycles. The fourth-order valence-corrected chi connectivity index (χ4v) is 5.67. The summed E-state index contributed by atoms with van der Waals surface area (Å²) in [5.74, 6) is 3.86. The molecule has 0 heterocycles. The maximum atomic E-state index is 11.0. The van der Waals surface area contributed by atoms with Crippen LogP contribution in [0.15, 0.2) is 29.8 Å². The zero-order chi connectivity index (χ0) is 16.9. The van der Waals surface area contributed by atoms with Gasteiger partial charge in [-0.15, -0.1) is 0 Å². The Morgan fingerprint density at radius 1 is 1.15 bits per heavy atom. The number of allylic oxidation sites excluding steroid dienone is 1. The Bertz CT molecular complexity index is 700. The van der Waals surface area contributed by atoms with E-state index in [2.05, 4.69) is 4.52 Å². The topological polar surface area (TPSA) is 78.8 Å². The Balaban J connectivity index is 0.00000121. The Kier molecular flexibility index (Phi) is 7.98. The smallest absolute Gasteiger partial charge is 0.746 e. The van der Waals surface area contributed by atoms with E-state index in [1.54, 1.807) is 19.2 Å². The van der Waals surface area contributed by atoms with E-state index in [0.717, 1.165) is 23.2 Å². The Morgan fingerprint density at radius 2 is 1.73 bits per heavy atom. The second kappa shape index (κ2) is 9.02. The molecule has 1 atom stereocenters. The average molecular weight is 395 g/mol. The number of hydrogen-bond donors (Lipinski definition) is 1. The molecule has 4 bridgehead atoms. The van der Waals surface area contributed by atoms with Crippen molar-refractivity contribution in [3.63, 3.8) is 0 Å². The van der Waals surface area contributed by atoms with Gasteiger partial charge in [0, 0.05) is 35.1 Å². The van der Waals surface area contributed by atoms with Crippen LogP contribution in [0, 0.1) is 23.7 Å². The molecule has 4 saturated carbocycles. The van der Waals surface area contributed by atoms with Gasteiger partial charge in [-0.25, -0.2) is 0 Å². The van der Waals surface area contributed by atoms with Crippen LogP contribution in [-0.2, 0) is 9.30 Å². The molecule has 5 nitrogen and oxygen atoms in total. The predicted octanol–water partition coefficient (Wildman–Crippen LogP) is -0.0371. The van der Waals surface area contributed by atoms with Crippen LogP contribution in [0.4, 0.5) is 0 Å². The first-order valence-corrected chi connectivity index (χ1v) is 10.0. The third-order valence-electron chi connectivity index (χ3n) is 5.80. The van der Waals surface area contributed by atoms with Crippen molar-refractivity contribution in [2.75, 3.05) is 7.11 Å². The quantitative estimate of drug-likeness (QED) is 0.440. The Labute approximate surface area is 198 Å². The van der Waals surface area contributed by atoms with Gasteiger partial charge < -0.3 is 19.0 Å². The van der Waals surface area contributed by atoms with Crippen molar-refractivity contribution in [1.82, 2.24) is 0 Å². The van der Waals surface area contributed by atoms with Gasteiger partial charge in [-0.3, -0.25) is 4.57 Å². The number of rotatable bonds is 4. The Hall–Kier alpha value is 0.710. The molecule has 8 heteroatoms. The van der Waals surface area contributed by atoms with Gasteiger partial charge in [0.2, 0.25) is 0 Å². The van der Waals surface area contributed by atoms with Crippen molar-refractivity contribution in [1.29, 1.82) is 0 Å². The van der Waals surface area contributed by atoms with E-state index in [1.165, 1.54) is 43.7 Å². The molecule has 0 amide bonds. The first-order chi connectivity index (χ1) is 11.4. The fourth-order valence-electron chi connectivity index (χ4n) is 5.29. The maximum absolute atomic E-state index is 11.0. The standard InChI is InChI=1S/C18H23O5P.2Na/c1-22-18(13-3-2-4-16(10-13)23-24(19,20)21)17-14-6-11-5-12(8-14)9-15(17)7-11;;/h2-4,10-12,14-15H,5-9H2,1H3,(H2,19,20,21);;/q;;+1/p-1. The van der Waals surface area contributed by atoms with Crippen molar-refractivity contribution in [2.45, 2.75) is 32.1 Å². The molecule has 4 aliphatic rings. The second-order valence-electron chi connectivity index (χ2n) is 7.38. The largest absolute Gasteiger partial charge is 1.00 e. The van der Waals surface area contributed by atoms with Crippen LogP contribution in [0.5, 0.6) is 5.75 Å². The summed E-state index contributed by atoms with van der Waals surface area (Å²) in [4.78, 5) is 19.9. The van der Waals surface area contributed by atoms with Crippen LogP contribution in [0.2, 0.25) is 0 Å². The van der Waals surface area contributed by atoms with E-state index in [9.17, 15) is 9.46 Å². The van der Waals surface area contributed by atoms with E-state index in [4.69, 9.17) is 9.63 Å². The molecule has 5 rings (SSSR count). The fraction of sp³-hybridized carbons (Fsp3) is 0.556. The zero-order valence-electron chi connectivity index (χ0n) is 15.7. The van der Waals surface area contributed by atoms with Gasteiger partial charge in [-0.1, -0.05) is 12.1 Å². The van der Waals surface area contributed by atoms with Crippen LogP contribution in [0.25, 0.3) is 5.76 Å². The third kappa shape index (κ3) is 4.82. The summed E-state index contributed by atoms with van der Waals surface area (Å²) >= 11 is 0. The van der Waals surface area contributed by atoms with E-state index >= 15 is 0 Å². The first kappa shape index (κ1) is 23.0. The monoisotopic (exact) mass is 395 g/mol. The minimum Gasteiger partial charge on any atom is -0.746 e. The molecule has 1 N–H and O–H groups in total. The number of benzene rings is 1. The molecule has 4 fully saturated rings. The van der Waals surface area contributed by atoms with Crippen LogP contribution >= 0.6 is 7.82 Å². The summed E-state index contributed by atoms with van der Waals surface area (Å²) in [7, 11) is -3.13. The Morgan fingerprint density at radius 3 is 2.23 bits per heavy atom. The minimum atomic E-state index is -4.81. The molecular formula is C18H22Na2O5P. The van der Waals surface area contributed by atoms with Gasteiger partial charge in [0.25, 0.3) is 0 Å². The molecule has 1 aromatic rings. The second-order valence-corrected chi connectivity index (χ2v) is 8.50. The molecule has 4 aliphatic carbocycles. The van der Waals surface area contributed by atoms with Crippen molar-refractivity contribution < 1.29 is 53.2 Å². The maximum Gasteiger partial charge on any atom is 1.00 e. The van der Waals surface area contributed by atoms with E-state index in [-0.39, 0.29) is 64.9 Å². The number of methoxy groups -OCH3 is 1.